The molecule has 4 fully saturated rings. The maximum absolute atomic E-state index is 13.1. The van der Waals surface area contributed by atoms with Crippen molar-refractivity contribution in [2.75, 3.05) is 4.90 Å². The minimum Gasteiger partial charge on any atom is -0.373 e. The molecule has 2 saturated heterocycles. The van der Waals surface area contributed by atoms with Gasteiger partial charge in [-0.2, -0.15) is 0 Å². The van der Waals surface area contributed by atoms with Gasteiger partial charge in [-0.05, 0) is 23.8 Å². The molecule has 2 bridgehead atoms. The van der Waals surface area contributed by atoms with Crippen molar-refractivity contribution in [3.8, 4) is 0 Å². The maximum Gasteiger partial charge on any atom is 0.233 e. The molecule has 2 heterocycles. The molecule has 1 amide bonds. The van der Waals surface area contributed by atoms with Gasteiger partial charge < -0.3 is 9.84 Å². The summed E-state index contributed by atoms with van der Waals surface area (Å²) < 4.78 is 5.70. The number of anilines is 1. The second-order valence-electron chi connectivity index (χ2n) is 7.35. The van der Waals surface area contributed by atoms with Gasteiger partial charge in [0.1, 0.15) is 6.23 Å². The van der Waals surface area contributed by atoms with Gasteiger partial charge in [0.25, 0.3) is 0 Å². The van der Waals surface area contributed by atoms with Crippen LogP contribution in [0.1, 0.15) is 6.42 Å². The highest BCUT2D eigenvalue weighted by molar-refractivity contribution is 6.06. The molecule has 0 aromatic heterocycles. The molecule has 4 heteroatoms. The summed E-state index contributed by atoms with van der Waals surface area (Å²) in [5.74, 6) is 0.735. The molecule has 7 atom stereocenters. The fourth-order valence-corrected chi connectivity index (χ4v) is 5.58. The number of aliphatic hydroxyl groups is 1. The molecule has 6 unspecified atom stereocenters. The number of rotatable bonds is 1. The van der Waals surface area contributed by atoms with E-state index in [-0.39, 0.29) is 23.8 Å². The molecule has 2 aliphatic carbocycles. The third-order valence-corrected chi connectivity index (χ3v) is 6.48. The lowest BCUT2D eigenvalue weighted by atomic mass is 9.81. The Bertz CT molecular complexity index is 844. The maximum atomic E-state index is 13.1. The molecule has 116 valence electrons. The molecule has 2 aromatic carbocycles. The number of carbonyl (C=O) groups excluding carboxylic acids is 1. The van der Waals surface area contributed by atoms with E-state index in [0.29, 0.717) is 17.9 Å². The van der Waals surface area contributed by atoms with Gasteiger partial charge in [0.05, 0.1) is 23.8 Å². The Balaban J connectivity index is 1.49. The second kappa shape index (κ2) is 3.94. The van der Waals surface area contributed by atoms with E-state index in [4.69, 9.17) is 4.74 Å². The number of hydrogen-bond donors (Lipinski definition) is 1. The number of fused-ring (bicyclic) bond motifs is 9. The highest BCUT2D eigenvalue weighted by Crippen LogP contribution is 2.65. The normalized spacial score (nSPS) is 43.1. The number of ether oxygens (including phenoxy) is 1. The molecule has 6 rings (SSSR count). The van der Waals surface area contributed by atoms with Crippen molar-refractivity contribution in [3.05, 3.63) is 42.5 Å². The van der Waals surface area contributed by atoms with Crippen molar-refractivity contribution in [1.82, 2.24) is 0 Å². The van der Waals surface area contributed by atoms with Crippen LogP contribution in [0.15, 0.2) is 42.5 Å². The van der Waals surface area contributed by atoms with Gasteiger partial charge >= 0.3 is 0 Å². The van der Waals surface area contributed by atoms with Gasteiger partial charge in [0.2, 0.25) is 5.91 Å². The fraction of sp³-hybridized carbons (Fsp3) is 0.421. The zero-order valence-electron chi connectivity index (χ0n) is 12.5. The first-order chi connectivity index (χ1) is 11.3. The van der Waals surface area contributed by atoms with Crippen LogP contribution in [0.5, 0.6) is 0 Å². The van der Waals surface area contributed by atoms with Crippen LogP contribution in [-0.4, -0.2) is 29.4 Å². The SMILES string of the molecule is O=C1C2C3CC(C4OC34)C2[C@@H](O)N1c1cccc2ccccc12. The first kappa shape index (κ1) is 12.5. The first-order valence-corrected chi connectivity index (χ1v) is 8.40. The van der Waals surface area contributed by atoms with Gasteiger partial charge in [-0.1, -0.05) is 36.4 Å². The van der Waals surface area contributed by atoms with E-state index in [0.717, 1.165) is 22.9 Å². The lowest BCUT2D eigenvalue weighted by Gasteiger charge is -2.27. The topological polar surface area (TPSA) is 53.1 Å². The Labute approximate surface area is 133 Å². The van der Waals surface area contributed by atoms with Gasteiger partial charge in [0, 0.05) is 17.2 Å². The van der Waals surface area contributed by atoms with Crippen LogP contribution in [0, 0.1) is 23.7 Å². The molecule has 2 saturated carbocycles. The summed E-state index contributed by atoms with van der Waals surface area (Å²) in [5, 5.41) is 13.1. The van der Waals surface area contributed by atoms with Crippen LogP contribution in [0.2, 0.25) is 0 Å². The predicted octanol–water partition coefficient (Wildman–Crippen LogP) is 2.15. The number of carbonyl (C=O) groups is 1. The molecule has 0 radical (unpaired) electrons. The molecule has 4 aliphatic rings. The zero-order valence-corrected chi connectivity index (χ0v) is 12.5. The molecule has 1 N–H and O–H groups in total. The van der Waals surface area contributed by atoms with E-state index >= 15 is 0 Å². The molecular formula is C19H17NO3. The Morgan fingerprint density at radius 3 is 2.74 bits per heavy atom. The third-order valence-electron chi connectivity index (χ3n) is 6.48. The van der Waals surface area contributed by atoms with E-state index in [1.54, 1.807) is 4.90 Å². The number of nitrogens with zero attached hydrogens (tertiary/aromatic N) is 1. The van der Waals surface area contributed by atoms with Crippen molar-refractivity contribution in [2.24, 2.45) is 23.7 Å². The lowest BCUT2D eigenvalue weighted by molar-refractivity contribution is -0.122. The summed E-state index contributed by atoms with van der Waals surface area (Å²) in [6.45, 7) is 0. The van der Waals surface area contributed by atoms with Crippen molar-refractivity contribution in [1.29, 1.82) is 0 Å². The third kappa shape index (κ3) is 1.38. The van der Waals surface area contributed by atoms with Crippen molar-refractivity contribution >= 4 is 22.4 Å². The average molecular weight is 307 g/mol. The zero-order chi connectivity index (χ0) is 15.3. The highest BCUT2D eigenvalue weighted by atomic mass is 16.6. The predicted molar refractivity (Wildman–Crippen MR) is 84.7 cm³/mol. The number of amides is 1. The first-order valence-electron chi connectivity index (χ1n) is 8.40. The van der Waals surface area contributed by atoms with Gasteiger partial charge in [0.15, 0.2) is 0 Å². The summed E-state index contributed by atoms with van der Waals surface area (Å²) in [7, 11) is 0. The second-order valence-corrected chi connectivity index (χ2v) is 7.35. The summed E-state index contributed by atoms with van der Waals surface area (Å²) in [6.07, 6.45) is 0.913. The van der Waals surface area contributed by atoms with Crippen LogP contribution < -0.4 is 4.90 Å². The van der Waals surface area contributed by atoms with Crippen LogP contribution in [0.4, 0.5) is 5.69 Å². The Hall–Kier alpha value is -1.91. The highest BCUT2D eigenvalue weighted by Gasteiger charge is 2.73. The van der Waals surface area contributed by atoms with Crippen LogP contribution >= 0.6 is 0 Å². The van der Waals surface area contributed by atoms with Gasteiger partial charge in [-0.25, -0.2) is 0 Å². The van der Waals surface area contributed by atoms with E-state index < -0.39 is 6.23 Å². The summed E-state index contributed by atoms with van der Waals surface area (Å²) in [6, 6.07) is 14.0. The molecule has 0 spiro atoms. The van der Waals surface area contributed by atoms with Crippen molar-refractivity contribution in [2.45, 2.75) is 24.9 Å². The lowest BCUT2D eigenvalue weighted by Crippen LogP contribution is -2.37. The summed E-state index contributed by atoms with van der Waals surface area (Å²) in [5.41, 5.74) is 0.837. The molecule has 2 aromatic rings. The summed E-state index contributed by atoms with van der Waals surface area (Å²) >= 11 is 0. The molecule has 2 aliphatic heterocycles. The average Bonchev–Trinajstić information content (AvgIpc) is 3.09. The molecule has 4 nitrogen and oxygen atoms in total. The van der Waals surface area contributed by atoms with E-state index in [2.05, 4.69) is 0 Å². The van der Waals surface area contributed by atoms with Gasteiger partial charge in [-0.3, -0.25) is 9.69 Å². The van der Waals surface area contributed by atoms with Crippen LogP contribution in [0.3, 0.4) is 0 Å². The Kier molecular flexibility index (Phi) is 2.14. The molecule has 23 heavy (non-hydrogen) atoms. The smallest absolute Gasteiger partial charge is 0.233 e. The standard InChI is InChI=1S/C19H17NO3/c21-18-14-11-8-12(17-16(11)23-17)15(14)19(22)20(18)13-7-3-5-9-4-1-2-6-10(9)13/h1-7,11-12,14-18,21H,8H2/t11?,12?,14?,15?,16?,17?,18-/m1/s1. The van der Waals surface area contributed by atoms with E-state index in [1.165, 1.54) is 0 Å². The fourth-order valence-electron chi connectivity index (χ4n) is 5.58. The van der Waals surface area contributed by atoms with E-state index in [1.807, 2.05) is 42.5 Å². The van der Waals surface area contributed by atoms with Crippen molar-refractivity contribution in [3.63, 3.8) is 0 Å². The van der Waals surface area contributed by atoms with Gasteiger partial charge in [-0.15, -0.1) is 0 Å². The largest absolute Gasteiger partial charge is 0.373 e. The number of hydrogen-bond acceptors (Lipinski definition) is 3. The van der Waals surface area contributed by atoms with Crippen LogP contribution in [-0.2, 0) is 9.53 Å². The Morgan fingerprint density at radius 2 is 1.83 bits per heavy atom. The monoisotopic (exact) mass is 307 g/mol. The minimum atomic E-state index is -0.724. The number of aliphatic hydroxyl groups excluding tert-OH is 1. The van der Waals surface area contributed by atoms with E-state index in [9.17, 15) is 9.90 Å². The number of epoxide rings is 1. The minimum absolute atomic E-state index is 0.0372. The number of benzene rings is 2. The van der Waals surface area contributed by atoms with Crippen molar-refractivity contribution < 1.29 is 14.6 Å². The summed E-state index contributed by atoms with van der Waals surface area (Å²) in [4.78, 5) is 14.8. The molecular weight excluding hydrogens is 290 g/mol. The quantitative estimate of drug-likeness (QED) is 0.821. The van der Waals surface area contributed by atoms with Crippen LogP contribution in [0.25, 0.3) is 10.8 Å². The Morgan fingerprint density at radius 1 is 1.04 bits per heavy atom.